The first-order valence-electron chi connectivity index (χ1n) is 9.90. The predicted octanol–water partition coefficient (Wildman–Crippen LogP) is 4.19. The SMILES string of the molecule is COCCCN1C(=S)NC(c2ccccn2)C1c1cccn1-c1cccc(C)c1. The zero-order chi connectivity index (χ0) is 20.2. The number of nitrogens with zero attached hydrogens (tertiary/aromatic N) is 3. The Balaban J connectivity index is 1.76. The summed E-state index contributed by atoms with van der Waals surface area (Å²) in [6, 6.07) is 18.9. The van der Waals surface area contributed by atoms with Crippen LogP contribution in [-0.2, 0) is 4.74 Å². The van der Waals surface area contributed by atoms with E-state index in [1.54, 1.807) is 7.11 Å². The second-order valence-corrected chi connectivity index (χ2v) is 7.70. The molecule has 0 radical (unpaired) electrons. The molecule has 0 aliphatic carbocycles. The van der Waals surface area contributed by atoms with Crippen LogP contribution >= 0.6 is 12.2 Å². The number of ether oxygens (including phenoxy) is 1. The normalized spacial score (nSPS) is 18.8. The maximum Gasteiger partial charge on any atom is 0.170 e. The van der Waals surface area contributed by atoms with Crippen molar-refractivity contribution in [3.8, 4) is 5.69 Å². The van der Waals surface area contributed by atoms with Crippen molar-refractivity contribution >= 4 is 17.3 Å². The van der Waals surface area contributed by atoms with Crippen molar-refractivity contribution in [2.45, 2.75) is 25.4 Å². The minimum atomic E-state index is -0.00953. The van der Waals surface area contributed by atoms with Gasteiger partial charge in [0.1, 0.15) is 0 Å². The molecular weight excluding hydrogens is 380 g/mol. The Bertz CT molecular complexity index is 972. The Kier molecular flexibility index (Phi) is 5.92. The van der Waals surface area contributed by atoms with Crippen LogP contribution in [-0.4, -0.2) is 39.8 Å². The van der Waals surface area contributed by atoms with Crippen molar-refractivity contribution in [3.05, 3.63) is 83.9 Å². The number of rotatable bonds is 7. The topological polar surface area (TPSA) is 42.3 Å². The van der Waals surface area contributed by atoms with E-state index in [0.717, 1.165) is 29.5 Å². The smallest absolute Gasteiger partial charge is 0.170 e. The lowest BCUT2D eigenvalue weighted by atomic mass is 10.0. The lowest BCUT2D eigenvalue weighted by Crippen LogP contribution is -2.32. The number of pyridine rings is 1. The van der Waals surface area contributed by atoms with Gasteiger partial charge in [-0.3, -0.25) is 4.98 Å². The van der Waals surface area contributed by atoms with Crippen molar-refractivity contribution < 1.29 is 4.74 Å². The average molecular weight is 407 g/mol. The summed E-state index contributed by atoms with van der Waals surface area (Å²) in [5.41, 5.74) is 4.57. The van der Waals surface area contributed by atoms with E-state index in [4.69, 9.17) is 17.0 Å². The third-order valence-corrected chi connectivity index (χ3v) is 5.66. The molecular formula is C23H26N4OS. The number of hydrogen-bond acceptors (Lipinski definition) is 3. The third-order valence-electron chi connectivity index (χ3n) is 5.31. The molecule has 3 aromatic rings. The van der Waals surface area contributed by atoms with Gasteiger partial charge in [0.15, 0.2) is 5.11 Å². The van der Waals surface area contributed by atoms with E-state index in [9.17, 15) is 0 Å². The number of hydrogen-bond donors (Lipinski definition) is 1. The Labute approximate surface area is 177 Å². The Morgan fingerprint density at radius 2 is 2.03 bits per heavy atom. The summed E-state index contributed by atoms with van der Waals surface area (Å²) in [7, 11) is 1.73. The summed E-state index contributed by atoms with van der Waals surface area (Å²) in [6.07, 6.45) is 4.87. The van der Waals surface area contributed by atoms with Crippen LogP contribution in [0.25, 0.3) is 5.69 Å². The zero-order valence-electron chi connectivity index (χ0n) is 16.8. The fraction of sp³-hybridized carbons (Fsp3) is 0.304. The van der Waals surface area contributed by atoms with Gasteiger partial charge in [-0.1, -0.05) is 18.2 Å². The molecule has 5 nitrogen and oxygen atoms in total. The molecule has 2 aromatic heterocycles. The summed E-state index contributed by atoms with van der Waals surface area (Å²) < 4.78 is 7.53. The highest BCUT2D eigenvalue weighted by molar-refractivity contribution is 7.80. The molecule has 0 spiro atoms. The highest BCUT2D eigenvalue weighted by atomic mass is 32.1. The monoisotopic (exact) mass is 406 g/mol. The number of nitrogens with one attached hydrogen (secondary N) is 1. The van der Waals surface area contributed by atoms with Gasteiger partial charge in [0.25, 0.3) is 0 Å². The fourth-order valence-electron chi connectivity index (χ4n) is 4.00. The van der Waals surface area contributed by atoms with Gasteiger partial charge >= 0.3 is 0 Å². The van der Waals surface area contributed by atoms with Crippen molar-refractivity contribution in [2.24, 2.45) is 0 Å². The van der Waals surface area contributed by atoms with Gasteiger partial charge in [0.2, 0.25) is 0 Å². The lowest BCUT2D eigenvalue weighted by Gasteiger charge is -2.29. The third kappa shape index (κ3) is 4.04. The molecule has 1 saturated heterocycles. The first kappa shape index (κ1) is 19.6. The van der Waals surface area contributed by atoms with E-state index < -0.39 is 0 Å². The van der Waals surface area contributed by atoms with Crippen molar-refractivity contribution in [1.29, 1.82) is 0 Å². The largest absolute Gasteiger partial charge is 0.385 e. The maximum absolute atomic E-state index is 5.74. The van der Waals surface area contributed by atoms with Crippen LogP contribution in [0.3, 0.4) is 0 Å². The average Bonchev–Trinajstić information content (AvgIpc) is 3.33. The molecule has 1 N–H and O–H groups in total. The molecule has 1 aliphatic heterocycles. The molecule has 1 aromatic carbocycles. The Morgan fingerprint density at radius 3 is 2.79 bits per heavy atom. The van der Waals surface area contributed by atoms with E-state index in [2.05, 4.69) is 75.4 Å². The maximum atomic E-state index is 5.74. The number of aryl methyl sites for hydroxylation is 1. The quantitative estimate of drug-likeness (QED) is 0.471. The zero-order valence-corrected chi connectivity index (χ0v) is 17.6. The van der Waals surface area contributed by atoms with Crippen molar-refractivity contribution in [2.75, 3.05) is 20.3 Å². The summed E-state index contributed by atoms with van der Waals surface area (Å²) in [5, 5.41) is 4.28. The minimum absolute atomic E-state index is 0.00953. The van der Waals surface area contributed by atoms with Gasteiger partial charge in [-0.2, -0.15) is 0 Å². The molecule has 2 unspecified atom stereocenters. The van der Waals surface area contributed by atoms with Crippen molar-refractivity contribution in [3.63, 3.8) is 0 Å². The van der Waals surface area contributed by atoms with Crippen LogP contribution in [0.5, 0.6) is 0 Å². The van der Waals surface area contributed by atoms with E-state index >= 15 is 0 Å². The first-order chi connectivity index (χ1) is 14.2. The number of methoxy groups -OCH3 is 1. The van der Waals surface area contributed by atoms with Gasteiger partial charge < -0.3 is 19.5 Å². The molecule has 1 fully saturated rings. The van der Waals surface area contributed by atoms with E-state index in [-0.39, 0.29) is 12.1 Å². The predicted molar refractivity (Wildman–Crippen MR) is 119 cm³/mol. The Hall–Kier alpha value is -2.70. The van der Waals surface area contributed by atoms with Gasteiger partial charge in [-0.15, -0.1) is 0 Å². The minimum Gasteiger partial charge on any atom is -0.385 e. The second kappa shape index (κ2) is 8.76. The van der Waals surface area contributed by atoms with Crippen LogP contribution in [0, 0.1) is 6.92 Å². The molecule has 0 bridgehead atoms. The van der Waals surface area contributed by atoms with Crippen LogP contribution in [0.15, 0.2) is 67.0 Å². The van der Waals surface area contributed by atoms with Gasteiger partial charge in [0, 0.05) is 44.0 Å². The number of benzene rings is 1. The van der Waals surface area contributed by atoms with Gasteiger partial charge in [-0.05, 0) is 67.5 Å². The number of thiocarbonyl (C=S) groups is 1. The molecule has 1 aliphatic rings. The summed E-state index contributed by atoms with van der Waals surface area (Å²) in [5.74, 6) is 0. The highest BCUT2D eigenvalue weighted by Gasteiger charge is 2.40. The van der Waals surface area contributed by atoms with Gasteiger partial charge in [0.05, 0.1) is 17.8 Å². The molecule has 29 heavy (non-hydrogen) atoms. The molecule has 0 amide bonds. The molecule has 3 heterocycles. The fourth-order valence-corrected chi connectivity index (χ4v) is 4.33. The van der Waals surface area contributed by atoms with Crippen LogP contribution in [0.4, 0.5) is 0 Å². The van der Waals surface area contributed by atoms with E-state index in [1.165, 1.54) is 11.3 Å². The van der Waals surface area contributed by atoms with E-state index in [1.807, 2.05) is 18.3 Å². The van der Waals surface area contributed by atoms with Crippen LogP contribution in [0.2, 0.25) is 0 Å². The Morgan fingerprint density at radius 1 is 1.14 bits per heavy atom. The standard InChI is InChI=1S/C23H26N4OS/c1-17-8-5-9-18(16-17)26-13-6-11-20(26)22-21(19-10-3-4-12-24-19)25-23(29)27(22)14-7-15-28-2/h3-6,8-13,16,21-22H,7,14-15H2,1-2H3,(H,25,29). The van der Waals surface area contributed by atoms with Crippen LogP contribution in [0.1, 0.15) is 35.5 Å². The molecule has 150 valence electrons. The van der Waals surface area contributed by atoms with Crippen molar-refractivity contribution in [1.82, 2.24) is 19.8 Å². The molecule has 0 saturated carbocycles. The highest BCUT2D eigenvalue weighted by Crippen LogP contribution is 2.39. The second-order valence-electron chi connectivity index (χ2n) is 7.31. The molecule has 6 heteroatoms. The molecule has 4 rings (SSSR count). The lowest BCUT2D eigenvalue weighted by molar-refractivity contribution is 0.180. The summed E-state index contributed by atoms with van der Waals surface area (Å²) in [6.45, 7) is 3.65. The molecule has 2 atom stereocenters. The summed E-state index contributed by atoms with van der Waals surface area (Å²) >= 11 is 5.74. The van der Waals surface area contributed by atoms with Gasteiger partial charge in [-0.25, -0.2) is 0 Å². The van der Waals surface area contributed by atoms with Crippen LogP contribution < -0.4 is 5.32 Å². The number of aromatic nitrogens is 2. The first-order valence-corrected chi connectivity index (χ1v) is 10.3. The summed E-state index contributed by atoms with van der Waals surface area (Å²) in [4.78, 5) is 6.89. The van der Waals surface area contributed by atoms with E-state index in [0.29, 0.717) is 6.61 Å².